The molecule has 2 N–H and O–H groups in total. The SMILES string of the molecule is CCN(CC)CCOc1ccc(C2(c3ccc(O)c(O)c3)CC2(Cl)c2ccccc2)cc1. The molecule has 0 bridgehead atoms. The Kier molecular flexibility index (Phi) is 6.36. The topological polar surface area (TPSA) is 52.9 Å². The molecule has 1 saturated carbocycles. The van der Waals surface area contributed by atoms with Gasteiger partial charge in [0.15, 0.2) is 11.5 Å². The molecule has 1 fully saturated rings. The maximum Gasteiger partial charge on any atom is 0.157 e. The molecule has 2 unspecified atom stereocenters. The molecule has 168 valence electrons. The van der Waals surface area contributed by atoms with Gasteiger partial charge in [-0.05, 0) is 60.5 Å². The number of likely N-dealkylation sites (N-methyl/N-ethyl adjacent to an activating group) is 1. The predicted molar refractivity (Wildman–Crippen MR) is 129 cm³/mol. The number of phenols is 2. The summed E-state index contributed by atoms with van der Waals surface area (Å²) in [7, 11) is 0. The largest absolute Gasteiger partial charge is 0.504 e. The molecule has 3 aromatic carbocycles. The van der Waals surface area contributed by atoms with Gasteiger partial charge in [0.2, 0.25) is 0 Å². The Hall–Kier alpha value is -2.69. The van der Waals surface area contributed by atoms with E-state index in [2.05, 4.69) is 30.9 Å². The van der Waals surface area contributed by atoms with Gasteiger partial charge < -0.3 is 19.8 Å². The third kappa shape index (κ3) is 3.94. The number of benzene rings is 3. The minimum absolute atomic E-state index is 0.138. The van der Waals surface area contributed by atoms with Crippen LogP contribution in [0, 0.1) is 0 Å². The fraction of sp³-hybridized carbons (Fsp3) is 0.333. The number of rotatable bonds is 9. The van der Waals surface area contributed by atoms with E-state index in [4.69, 9.17) is 16.3 Å². The van der Waals surface area contributed by atoms with E-state index in [1.165, 1.54) is 6.07 Å². The molecule has 1 aliphatic carbocycles. The molecule has 3 aromatic rings. The van der Waals surface area contributed by atoms with E-state index in [1.54, 1.807) is 6.07 Å². The van der Waals surface area contributed by atoms with Crippen molar-refractivity contribution in [1.29, 1.82) is 0 Å². The van der Waals surface area contributed by atoms with Gasteiger partial charge in [-0.15, -0.1) is 11.6 Å². The number of ether oxygens (including phenoxy) is 1. The molecule has 0 aliphatic heterocycles. The van der Waals surface area contributed by atoms with Crippen LogP contribution in [0.2, 0.25) is 0 Å². The minimum Gasteiger partial charge on any atom is -0.504 e. The van der Waals surface area contributed by atoms with Crippen LogP contribution in [-0.2, 0) is 10.3 Å². The number of nitrogens with zero attached hydrogens (tertiary/aromatic N) is 1. The van der Waals surface area contributed by atoms with Crippen molar-refractivity contribution >= 4 is 11.6 Å². The van der Waals surface area contributed by atoms with Crippen LogP contribution in [0.1, 0.15) is 37.0 Å². The fourth-order valence-corrected chi connectivity index (χ4v) is 5.20. The first-order chi connectivity index (χ1) is 15.4. The number of hydrogen-bond donors (Lipinski definition) is 2. The lowest BCUT2D eigenvalue weighted by atomic mass is 9.83. The molecule has 1 aliphatic rings. The van der Waals surface area contributed by atoms with Gasteiger partial charge >= 0.3 is 0 Å². The Bertz CT molecular complexity index is 1050. The number of halogens is 1. The summed E-state index contributed by atoms with van der Waals surface area (Å²) in [6, 6.07) is 23.1. The second-order valence-corrected chi connectivity index (χ2v) is 9.00. The maximum atomic E-state index is 10.2. The highest BCUT2D eigenvalue weighted by molar-refractivity contribution is 6.28. The van der Waals surface area contributed by atoms with Crippen LogP contribution in [-0.4, -0.2) is 41.4 Å². The lowest BCUT2D eigenvalue weighted by molar-refractivity contribution is 0.223. The number of phenolic OH excluding ortho intramolecular Hbond substituents is 2. The van der Waals surface area contributed by atoms with Crippen molar-refractivity contribution in [3.8, 4) is 17.2 Å². The lowest BCUT2D eigenvalue weighted by Crippen LogP contribution is -2.27. The Morgan fingerprint density at radius 1 is 0.844 bits per heavy atom. The van der Waals surface area contributed by atoms with Gasteiger partial charge in [0.25, 0.3) is 0 Å². The Balaban J connectivity index is 1.64. The second kappa shape index (κ2) is 9.05. The van der Waals surface area contributed by atoms with Crippen LogP contribution in [0.4, 0.5) is 0 Å². The molecule has 4 rings (SSSR count). The molecule has 0 aromatic heterocycles. The zero-order valence-electron chi connectivity index (χ0n) is 18.6. The van der Waals surface area contributed by atoms with Gasteiger partial charge in [0.05, 0.1) is 4.87 Å². The average Bonchev–Trinajstić information content (AvgIpc) is 3.47. The summed E-state index contributed by atoms with van der Waals surface area (Å²) in [6.07, 6.45) is 0.692. The van der Waals surface area contributed by atoms with Crippen LogP contribution in [0.15, 0.2) is 72.8 Å². The van der Waals surface area contributed by atoms with Gasteiger partial charge in [-0.1, -0.05) is 62.4 Å². The highest BCUT2D eigenvalue weighted by atomic mass is 35.5. The summed E-state index contributed by atoms with van der Waals surface area (Å²) in [6.45, 7) is 7.86. The van der Waals surface area contributed by atoms with Crippen molar-refractivity contribution in [2.24, 2.45) is 0 Å². The summed E-state index contributed by atoms with van der Waals surface area (Å²) in [5, 5.41) is 20.0. The lowest BCUT2D eigenvalue weighted by Gasteiger charge is -2.24. The fourth-order valence-electron chi connectivity index (χ4n) is 4.66. The first kappa shape index (κ1) is 22.5. The zero-order chi connectivity index (χ0) is 22.8. The van der Waals surface area contributed by atoms with E-state index in [1.807, 2.05) is 48.5 Å². The van der Waals surface area contributed by atoms with Crippen LogP contribution in [0.5, 0.6) is 17.2 Å². The molecule has 32 heavy (non-hydrogen) atoms. The summed E-state index contributed by atoms with van der Waals surface area (Å²) in [4.78, 5) is 1.69. The quantitative estimate of drug-likeness (QED) is 0.326. The van der Waals surface area contributed by atoms with E-state index < -0.39 is 10.3 Å². The van der Waals surface area contributed by atoms with E-state index in [9.17, 15) is 10.2 Å². The highest BCUT2D eigenvalue weighted by Crippen LogP contribution is 2.71. The molecule has 4 nitrogen and oxygen atoms in total. The van der Waals surface area contributed by atoms with E-state index in [0.29, 0.717) is 13.0 Å². The molecule has 0 heterocycles. The minimum atomic E-state index is -0.636. The van der Waals surface area contributed by atoms with Crippen molar-refractivity contribution in [1.82, 2.24) is 4.90 Å². The number of hydrogen-bond acceptors (Lipinski definition) is 4. The van der Waals surface area contributed by atoms with Crippen LogP contribution >= 0.6 is 11.6 Å². The van der Waals surface area contributed by atoms with E-state index >= 15 is 0 Å². The normalized spacial score (nSPS) is 22.1. The van der Waals surface area contributed by atoms with Crippen molar-refractivity contribution in [3.05, 3.63) is 89.5 Å². The smallest absolute Gasteiger partial charge is 0.157 e. The van der Waals surface area contributed by atoms with Gasteiger partial charge in [-0.2, -0.15) is 0 Å². The third-order valence-corrected chi connectivity index (χ3v) is 7.35. The highest BCUT2D eigenvalue weighted by Gasteiger charge is 2.69. The van der Waals surface area contributed by atoms with E-state index in [-0.39, 0.29) is 11.5 Å². The number of aromatic hydroxyl groups is 2. The predicted octanol–water partition coefficient (Wildman–Crippen LogP) is 5.64. The summed E-state index contributed by atoms with van der Waals surface area (Å²) in [5.41, 5.74) is 2.45. The van der Waals surface area contributed by atoms with Gasteiger partial charge in [-0.3, -0.25) is 0 Å². The Morgan fingerprint density at radius 3 is 2.12 bits per heavy atom. The standard InChI is InChI=1S/C27H30ClNO3/c1-3-29(4-2)16-17-32-23-13-10-20(11-14-23)26(22-12-15-24(30)25(31)18-22)19-27(26,28)21-8-6-5-7-9-21/h5-15,18,30-31H,3-4,16-17,19H2,1-2H3. The average molecular weight is 452 g/mol. The van der Waals surface area contributed by atoms with Gasteiger partial charge in [-0.25, -0.2) is 0 Å². The summed E-state index contributed by atoms with van der Waals surface area (Å²) in [5.74, 6) is 0.545. The van der Waals surface area contributed by atoms with Crippen molar-refractivity contribution < 1.29 is 14.9 Å². The molecule has 0 spiro atoms. The Labute approximate surface area is 195 Å². The monoisotopic (exact) mass is 451 g/mol. The molecule has 0 amide bonds. The van der Waals surface area contributed by atoms with E-state index in [0.717, 1.165) is 42.1 Å². The zero-order valence-corrected chi connectivity index (χ0v) is 19.3. The van der Waals surface area contributed by atoms with Crippen LogP contribution in [0.25, 0.3) is 0 Å². The Morgan fingerprint density at radius 2 is 1.50 bits per heavy atom. The third-order valence-electron chi connectivity index (χ3n) is 6.68. The molecular formula is C27H30ClNO3. The van der Waals surface area contributed by atoms with Gasteiger partial charge in [0.1, 0.15) is 12.4 Å². The second-order valence-electron chi connectivity index (χ2n) is 8.35. The molecular weight excluding hydrogens is 422 g/mol. The molecule has 2 atom stereocenters. The first-order valence-corrected chi connectivity index (χ1v) is 11.5. The van der Waals surface area contributed by atoms with Crippen molar-refractivity contribution in [2.45, 2.75) is 30.6 Å². The molecule has 0 radical (unpaired) electrons. The van der Waals surface area contributed by atoms with Crippen LogP contribution < -0.4 is 4.74 Å². The number of alkyl halides is 1. The molecule has 0 saturated heterocycles. The summed E-state index contributed by atoms with van der Waals surface area (Å²) >= 11 is 7.26. The maximum absolute atomic E-state index is 10.2. The van der Waals surface area contributed by atoms with Crippen molar-refractivity contribution in [2.75, 3.05) is 26.2 Å². The summed E-state index contributed by atoms with van der Waals surface area (Å²) < 4.78 is 5.96. The van der Waals surface area contributed by atoms with Crippen molar-refractivity contribution in [3.63, 3.8) is 0 Å². The van der Waals surface area contributed by atoms with Gasteiger partial charge in [0, 0.05) is 12.0 Å². The van der Waals surface area contributed by atoms with Crippen LogP contribution in [0.3, 0.4) is 0 Å². The molecule has 5 heteroatoms. The first-order valence-electron chi connectivity index (χ1n) is 11.2.